The number of fused-ring (bicyclic) bond motifs is 2. The van der Waals surface area contributed by atoms with Crippen LogP contribution in [-0.2, 0) is 13.0 Å². The van der Waals surface area contributed by atoms with Gasteiger partial charge in [0.2, 0.25) is 0 Å². The molecule has 0 aliphatic carbocycles. The van der Waals surface area contributed by atoms with E-state index in [9.17, 15) is 0 Å². The first-order valence-corrected chi connectivity index (χ1v) is 11.5. The quantitative estimate of drug-likeness (QED) is 0.699. The van der Waals surface area contributed by atoms with Crippen molar-refractivity contribution in [2.24, 2.45) is 0 Å². The van der Waals surface area contributed by atoms with E-state index in [1.165, 1.54) is 27.6 Å². The predicted octanol–water partition coefficient (Wildman–Crippen LogP) is 3.70. The molecule has 3 heterocycles. The maximum atomic E-state index is 5.80. The molecular weight excluding hydrogens is 386 g/mol. The smallest absolute Gasteiger partial charge is 0.318 e. The van der Waals surface area contributed by atoms with E-state index >= 15 is 0 Å². The van der Waals surface area contributed by atoms with Gasteiger partial charge in [-0.25, -0.2) is 0 Å². The first-order valence-electron chi connectivity index (χ1n) is 11.5. The van der Waals surface area contributed by atoms with Gasteiger partial charge in [-0.3, -0.25) is 0 Å². The number of hydrogen-bond acceptors (Lipinski definition) is 6. The fourth-order valence-corrected chi connectivity index (χ4v) is 4.90. The van der Waals surface area contributed by atoms with Gasteiger partial charge in [-0.2, -0.15) is 9.97 Å². The summed E-state index contributed by atoms with van der Waals surface area (Å²) in [5.74, 6) is 1.08. The van der Waals surface area contributed by atoms with Crippen LogP contribution >= 0.6 is 0 Å². The van der Waals surface area contributed by atoms with Gasteiger partial charge >= 0.3 is 6.01 Å². The molecule has 0 bridgehead atoms. The van der Waals surface area contributed by atoms with Crippen molar-refractivity contribution in [3.8, 4) is 6.01 Å². The zero-order chi connectivity index (χ0) is 21.2. The van der Waals surface area contributed by atoms with Gasteiger partial charge < -0.3 is 19.9 Å². The van der Waals surface area contributed by atoms with E-state index in [4.69, 9.17) is 14.7 Å². The van der Waals surface area contributed by atoms with E-state index in [0.29, 0.717) is 12.6 Å². The van der Waals surface area contributed by atoms with Gasteiger partial charge in [-0.1, -0.05) is 36.4 Å². The summed E-state index contributed by atoms with van der Waals surface area (Å²) in [7, 11) is 0. The Morgan fingerprint density at radius 1 is 1.00 bits per heavy atom. The number of piperazine rings is 1. The number of ether oxygens (including phenoxy) is 1. The lowest BCUT2D eigenvalue weighted by Gasteiger charge is -2.31. The highest BCUT2D eigenvalue weighted by Crippen LogP contribution is 2.35. The van der Waals surface area contributed by atoms with E-state index in [2.05, 4.69) is 58.4 Å². The Hall–Kier alpha value is -2.86. The number of hydrogen-bond donors (Lipinski definition) is 1. The van der Waals surface area contributed by atoms with E-state index in [-0.39, 0.29) is 0 Å². The molecule has 0 unspecified atom stereocenters. The first kappa shape index (κ1) is 20.1. The second kappa shape index (κ2) is 8.71. The van der Waals surface area contributed by atoms with E-state index in [0.717, 1.165) is 63.6 Å². The highest BCUT2D eigenvalue weighted by Gasteiger charge is 2.26. The average molecular weight is 418 g/mol. The monoisotopic (exact) mass is 417 g/mol. The number of aromatic nitrogens is 2. The first-order chi connectivity index (χ1) is 15.2. The Bertz CT molecular complexity index is 1080. The van der Waals surface area contributed by atoms with Crippen LogP contribution in [0.15, 0.2) is 36.4 Å². The van der Waals surface area contributed by atoms with Crippen LogP contribution in [0.25, 0.3) is 10.8 Å². The zero-order valence-electron chi connectivity index (χ0n) is 18.5. The van der Waals surface area contributed by atoms with Crippen LogP contribution in [0.4, 0.5) is 11.5 Å². The number of nitrogens with one attached hydrogen (secondary N) is 1. The highest BCUT2D eigenvalue weighted by molar-refractivity contribution is 5.96. The molecule has 2 aliphatic rings. The van der Waals surface area contributed by atoms with Crippen molar-refractivity contribution in [3.05, 3.63) is 53.2 Å². The van der Waals surface area contributed by atoms with Gasteiger partial charge in [0, 0.05) is 49.4 Å². The van der Waals surface area contributed by atoms with Gasteiger partial charge in [-0.05, 0) is 37.6 Å². The third-order valence-corrected chi connectivity index (χ3v) is 6.35. The van der Waals surface area contributed by atoms with Crippen molar-refractivity contribution in [1.82, 2.24) is 15.3 Å². The van der Waals surface area contributed by atoms with E-state index in [1.807, 2.05) is 6.92 Å². The summed E-state index contributed by atoms with van der Waals surface area (Å²) in [6.07, 6.45) is 2.09. The molecule has 0 atom stereocenters. The minimum Gasteiger partial charge on any atom is -0.464 e. The normalized spacial score (nSPS) is 16.8. The van der Waals surface area contributed by atoms with E-state index < -0.39 is 0 Å². The van der Waals surface area contributed by atoms with Crippen molar-refractivity contribution in [3.63, 3.8) is 0 Å². The van der Waals surface area contributed by atoms with Gasteiger partial charge in [0.1, 0.15) is 5.82 Å². The molecular formula is C25H31N5O. The highest BCUT2D eigenvalue weighted by atomic mass is 16.5. The van der Waals surface area contributed by atoms with Gasteiger partial charge in [-0.15, -0.1) is 0 Å². The molecule has 1 fully saturated rings. The van der Waals surface area contributed by atoms with Crippen molar-refractivity contribution in [2.45, 2.75) is 33.2 Å². The van der Waals surface area contributed by atoms with Gasteiger partial charge in [0.05, 0.1) is 18.8 Å². The topological polar surface area (TPSA) is 53.5 Å². The predicted molar refractivity (Wildman–Crippen MR) is 126 cm³/mol. The largest absolute Gasteiger partial charge is 0.464 e. The Labute approximate surface area is 184 Å². The SMILES string of the molecule is CCOc1nc2c(c(N3CCNCC3)n1)CCCN(c1c(C)ccc3ccccc13)C2. The number of anilines is 2. The van der Waals surface area contributed by atoms with Crippen molar-refractivity contribution in [2.75, 3.05) is 49.1 Å². The lowest BCUT2D eigenvalue weighted by molar-refractivity contribution is 0.311. The number of nitrogens with zero attached hydrogens (tertiary/aromatic N) is 4. The van der Waals surface area contributed by atoms with E-state index in [1.54, 1.807) is 0 Å². The molecule has 2 aliphatic heterocycles. The fraction of sp³-hybridized carbons (Fsp3) is 0.440. The molecule has 2 aromatic carbocycles. The van der Waals surface area contributed by atoms with Crippen LogP contribution < -0.4 is 19.9 Å². The van der Waals surface area contributed by atoms with Crippen molar-refractivity contribution >= 4 is 22.3 Å². The Kier molecular flexibility index (Phi) is 5.64. The molecule has 0 amide bonds. The third-order valence-electron chi connectivity index (χ3n) is 6.35. The summed E-state index contributed by atoms with van der Waals surface area (Å²) >= 11 is 0. The van der Waals surface area contributed by atoms with Crippen LogP contribution in [0.2, 0.25) is 0 Å². The summed E-state index contributed by atoms with van der Waals surface area (Å²) in [5, 5.41) is 6.04. The molecule has 0 saturated carbocycles. The summed E-state index contributed by atoms with van der Waals surface area (Å²) in [6, 6.07) is 13.6. The molecule has 1 saturated heterocycles. The molecule has 6 nitrogen and oxygen atoms in total. The molecule has 5 rings (SSSR count). The summed E-state index contributed by atoms with van der Waals surface area (Å²) in [6.45, 7) is 10.5. The van der Waals surface area contributed by atoms with Gasteiger partial charge in [0.15, 0.2) is 0 Å². The Balaban J connectivity index is 1.58. The molecule has 0 radical (unpaired) electrons. The molecule has 0 spiro atoms. The maximum Gasteiger partial charge on any atom is 0.318 e. The van der Waals surface area contributed by atoms with Crippen molar-refractivity contribution < 1.29 is 4.74 Å². The molecule has 31 heavy (non-hydrogen) atoms. The Morgan fingerprint density at radius 3 is 2.68 bits per heavy atom. The lowest BCUT2D eigenvalue weighted by Crippen LogP contribution is -2.44. The fourth-order valence-electron chi connectivity index (χ4n) is 4.90. The molecule has 1 aromatic heterocycles. The zero-order valence-corrected chi connectivity index (χ0v) is 18.5. The second-order valence-electron chi connectivity index (χ2n) is 8.40. The summed E-state index contributed by atoms with van der Waals surface area (Å²) < 4.78 is 5.80. The molecule has 6 heteroatoms. The second-order valence-corrected chi connectivity index (χ2v) is 8.40. The van der Waals surface area contributed by atoms with Crippen LogP contribution in [0.5, 0.6) is 6.01 Å². The minimum atomic E-state index is 0.506. The van der Waals surface area contributed by atoms with Crippen LogP contribution in [-0.4, -0.2) is 49.3 Å². The Morgan fingerprint density at radius 2 is 1.84 bits per heavy atom. The van der Waals surface area contributed by atoms with Crippen LogP contribution in [0.1, 0.15) is 30.2 Å². The lowest BCUT2D eigenvalue weighted by atomic mass is 10.0. The molecule has 3 aromatic rings. The van der Waals surface area contributed by atoms with Crippen molar-refractivity contribution in [1.29, 1.82) is 0 Å². The number of aryl methyl sites for hydroxylation is 1. The molecule has 1 N–H and O–H groups in total. The van der Waals surface area contributed by atoms with Gasteiger partial charge in [0.25, 0.3) is 0 Å². The number of benzene rings is 2. The summed E-state index contributed by atoms with van der Waals surface area (Å²) in [4.78, 5) is 14.6. The third kappa shape index (κ3) is 3.92. The average Bonchev–Trinajstić information content (AvgIpc) is 3.01. The minimum absolute atomic E-state index is 0.506. The number of rotatable bonds is 4. The van der Waals surface area contributed by atoms with Crippen LogP contribution in [0.3, 0.4) is 0 Å². The van der Waals surface area contributed by atoms with Crippen LogP contribution in [0, 0.1) is 6.92 Å². The maximum absolute atomic E-state index is 5.80. The molecule has 162 valence electrons. The standard InChI is InChI=1S/C25H31N5O/c1-3-31-25-27-22-17-30(23-18(2)10-11-19-7-4-5-8-20(19)23)14-6-9-21(22)24(28-25)29-15-12-26-13-16-29/h4-5,7-8,10-11,26H,3,6,9,12-17H2,1-2H3. The summed E-state index contributed by atoms with van der Waals surface area (Å²) in [5.41, 5.74) is 5.04.